The van der Waals surface area contributed by atoms with Gasteiger partial charge in [-0.2, -0.15) is 8.42 Å². The van der Waals surface area contributed by atoms with Crippen molar-refractivity contribution in [3.8, 4) is 0 Å². The van der Waals surface area contributed by atoms with Crippen LogP contribution in [0.3, 0.4) is 0 Å². The predicted octanol–water partition coefficient (Wildman–Crippen LogP) is 3.89. The van der Waals surface area contributed by atoms with E-state index in [0.29, 0.717) is 79.2 Å². The van der Waals surface area contributed by atoms with Crippen molar-refractivity contribution in [1.82, 2.24) is 5.32 Å². The lowest BCUT2D eigenvalue weighted by molar-refractivity contribution is -0.0117. The minimum absolute atomic E-state index is 0.0178. The van der Waals surface area contributed by atoms with E-state index < -0.39 is 21.8 Å². The smallest absolute Gasteiger partial charge is 0.407 e. The molecule has 0 saturated carbocycles. The maximum atomic E-state index is 12.1. The standard InChI is InChI=1S/C30H53NO11S/c1-27-9-11-28(12-10-27)43(33,34)41-26-25-37-16-8-7-15-36-18-20-39-22-24-40-23-21-38-19-17-35-14-6-5-13-31-29(32)42-30(2,3)4/h9-12H,5-8,13-26H2,1-4H3,(H,31,32). The summed E-state index contributed by atoms with van der Waals surface area (Å²) in [5.74, 6) is 0. The van der Waals surface area contributed by atoms with Crippen LogP contribution in [0, 0.1) is 6.92 Å². The Kier molecular flexibility index (Phi) is 22.3. The topological polar surface area (TPSA) is 137 Å². The van der Waals surface area contributed by atoms with Gasteiger partial charge in [-0.15, -0.1) is 0 Å². The largest absolute Gasteiger partial charge is 0.444 e. The molecule has 0 aliphatic heterocycles. The third kappa shape index (κ3) is 24.2. The van der Waals surface area contributed by atoms with Gasteiger partial charge in [-0.05, 0) is 65.5 Å². The highest BCUT2D eigenvalue weighted by Gasteiger charge is 2.15. The number of unbranched alkanes of at least 4 members (excludes halogenated alkanes) is 2. The lowest BCUT2D eigenvalue weighted by Crippen LogP contribution is -2.33. The van der Waals surface area contributed by atoms with Crippen LogP contribution in [-0.2, 0) is 47.5 Å². The molecule has 0 heterocycles. The summed E-state index contributed by atoms with van der Waals surface area (Å²) < 4.78 is 67.2. The van der Waals surface area contributed by atoms with E-state index in [2.05, 4.69) is 5.32 Å². The molecule has 1 N–H and O–H groups in total. The number of hydrogen-bond acceptors (Lipinski definition) is 11. The third-order valence-electron chi connectivity index (χ3n) is 5.47. The van der Waals surface area contributed by atoms with Gasteiger partial charge in [0.25, 0.3) is 10.1 Å². The molecule has 0 aliphatic rings. The van der Waals surface area contributed by atoms with Crippen LogP contribution in [0.1, 0.15) is 52.0 Å². The molecule has 0 saturated heterocycles. The minimum Gasteiger partial charge on any atom is -0.444 e. The van der Waals surface area contributed by atoms with E-state index in [-0.39, 0.29) is 18.1 Å². The molecule has 1 rings (SSSR count). The first-order valence-corrected chi connectivity index (χ1v) is 16.4. The Bertz CT molecular complexity index is 921. The molecule has 12 nitrogen and oxygen atoms in total. The fourth-order valence-electron chi connectivity index (χ4n) is 3.30. The summed E-state index contributed by atoms with van der Waals surface area (Å²) in [5.41, 5.74) is 0.499. The van der Waals surface area contributed by atoms with Crippen LogP contribution in [0.25, 0.3) is 0 Å². The van der Waals surface area contributed by atoms with Crippen molar-refractivity contribution >= 4 is 16.2 Å². The van der Waals surface area contributed by atoms with Crippen LogP contribution >= 0.6 is 0 Å². The second kappa shape index (κ2) is 24.5. The van der Waals surface area contributed by atoms with Gasteiger partial charge in [0.1, 0.15) is 5.60 Å². The van der Waals surface area contributed by atoms with E-state index >= 15 is 0 Å². The number of hydrogen-bond donors (Lipinski definition) is 1. The van der Waals surface area contributed by atoms with Crippen LogP contribution in [0.15, 0.2) is 29.2 Å². The van der Waals surface area contributed by atoms with Crippen molar-refractivity contribution in [2.75, 3.05) is 92.4 Å². The van der Waals surface area contributed by atoms with E-state index in [4.69, 9.17) is 37.3 Å². The Morgan fingerprint density at radius 3 is 1.47 bits per heavy atom. The van der Waals surface area contributed by atoms with Gasteiger partial charge in [0, 0.05) is 26.4 Å². The van der Waals surface area contributed by atoms with Crippen LogP contribution < -0.4 is 5.32 Å². The van der Waals surface area contributed by atoms with E-state index in [0.717, 1.165) is 31.2 Å². The molecular formula is C30H53NO11S. The molecule has 0 unspecified atom stereocenters. The molecular weight excluding hydrogens is 582 g/mol. The van der Waals surface area contributed by atoms with Crippen LogP contribution in [0.5, 0.6) is 0 Å². The van der Waals surface area contributed by atoms with E-state index in [1.165, 1.54) is 12.1 Å². The average Bonchev–Trinajstić information content (AvgIpc) is 2.94. The first-order valence-electron chi connectivity index (χ1n) is 15.0. The number of alkyl carbamates (subject to hydrolysis) is 1. The summed E-state index contributed by atoms with van der Waals surface area (Å²) in [6.07, 6.45) is 2.92. The molecule has 0 aliphatic carbocycles. The number of carbonyl (C=O) groups excluding carboxylic acids is 1. The monoisotopic (exact) mass is 635 g/mol. The zero-order chi connectivity index (χ0) is 31.7. The molecule has 0 aromatic heterocycles. The summed E-state index contributed by atoms with van der Waals surface area (Å²) in [6.45, 7) is 13.9. The zero-order valence-electron chi connectivity index (χ0n) is 26.4. The lowest BCUT2D eigenvalue weighted by Gasteiger charge is -2.19. The molecule has 0 radical (unpaired) electrons. The van der Waals surface area contributed by atoms with Crippen molar-refractivity contribution in [2.24, 2.45) is 0 Å². The van der Waals surface area contributed by atoms with E-state index in [9.17, 15) is 13.2 Å². The fourth-order valence-corrected chi connectivity index (χ4v) is 4.19. The normalized spacial score (nSPS) is 12.0. The Labute approximate surface area is 258 Å². The van der Waals surface area contributed by atoms with Crippen LogP contribution in [-0.4, -0.2) is 113 Å². The Morgan fingerprint density at radius 1 is 0.628 bits per heavy atom. The fraction of sp³-hybridized carbons (Fsp3) is 0.767. The van der Waals surface area contributed by atoms with Crippen molar-refractivity contribution in [2.45, 2.75) is 63.9 Å². The molecule has 0 fully saturated rings. The molecule has 250 valence electrons. The second-order valence-corrected chi connectivity index (χ2v) is 12.2. The number of ether oxygens (including phenoxy) is 7. The van der Waals surface area contributed by atoms with Crippen molar-refractivity contribution in [3.05, 3.63) is 29.8 Å². The number of benzene rings is 1. The lowest BCUT2D eigenvalue weighted by atomic mass is 10.2. The van der Waals surface area contributed by atoms with Crippen molar-refractivity contribution in [1.29, 1.82) is 0 Å². The first kappa shape index (κ1) is 39.2. The van der Waals surface area contributed by atoms with E-state index in [1.54, 1.807) is 12.1 Å². The molecule has 13 heteroatoms. The van der Waals surface area contributed by atoms with Gasteiger partial charge in [-0.1, -0.05) is 17.7 Å². The van der Waals surface area contributed by atoms with Crippen molar-refractivity contribution < 1.29 is 50.6 Å². The number of amides is 1. The molecule has 1 aromatic carbocycles. The first-order chi connectivity index (χ1) is 20.6. The van der Waals surface area contributed by atoms with E-state index in [1.807, 2.05) is 27.7 Å². The summed E-state index contributed by atoms with van der Waals surface area (Å²) in [4.78, 5) is 11.7. The second-order valence-electron chi connectivity index (χ2n) is 10.6. The maximum absolute atomic E-state index is 12.1. The van der Waals surface area contributed by atoms with Crippen LogP contribution in [0.2, 0.25) is 0 Å². The highest BCUT2D eigenvalue weighted by Crippen LogP contribution is 2.13. The predicted molar refractivity (Wildman–Crippen MR) is 162 cm³/mol. The van der Waals surface area contributed by atoms with Gasteiger partial charge in [-0.25, -0.2) is 4.79 Å². The number of carbonyl (C=O) groups is 1. The molecule has 1 amide bonds. The van der Waals surface area contributed by atoms with Crippen LogP contribution in [0.4, 0.5) is 4.79 Å². The van der Waals surface area contributed by atoms with Gasteiger partial charge < -0.3 is 38.5 Å². The highest BCUT2D eigenvalue weighted by atomic mass is 32.2. The molecule has 0 bridgehead atoms. The Morgan fingerprint density at radius 2 is 1.02 bits per heavy atom. The summed E-state index contributed by atoms with van der Waals surface area (Å²) in [5, 5.41) is 2.72. The Hall–Kier alpha value is -1.84. The number of nitrogens with one attached hydrogen (secondary N) is 1. The van der Waals surface area contributed by atoms with Gasteiger partial charge >= 0.3 is 6.09 Å². The molecule has 0 atom stereocenters. The summed E-state index contributed by atoms with van der Waals surface area (Å²) in [7, 11) is -3.75. The summed E-state index contributed by atoms with van der Waals surface area (Å²) in [6, 6.07) is 6.53. The number of rotatable bonds is 27. The van der Waals surface area contributed by atoms with Gasteiger partial charge in [0.05, 0.1) is 71.0 Å². The third-order valence-corrected chi connectivity index (χ3v) is 6.80. The Balaban J connectivity index is 1.73. The SMILES string of the molecule is Cc1ccc(S(=O)(=O)OCCOCCCCOCCOCCOCCOCCOCCCCNC(=O)OC(C)(C)C)cc1. The molecule has 43 heavy (non-hydrogen) atoms. The molecule has 0 spiro atoms. The zero-order valence-corrected chi connectivity index (χ0v) is 27.3. The quantitative estimate of drug-likeness (QED) is 0.111. The minimum atomic E-state index is -3.75. The summed E-state index contributed by atoms with van der Waals surface area (Å²) >= 11 is 0. The van der Waals surface area contributed by atoms with Gasteiger partial charge in [-0.3, -0.25) is 4.18 Å². The molecule has 1 aromatic rings. The number of aryl methyl sites for hydroxylation is 1. The maximum Gasteiger partial charge on any atom is 0.407 e. The van der Waals surface area contributed by atoms with Crippen molar-refractivity contribution in [3.63, 3.8) is 0 Å². The van der Waals surface area contributed by atoms with Gasteiger partial charge in [0.2, 0.25) is 0 Å². The van der Waals surface area contributed by atoms with Gasteiger partial charge in [0.15, 0.2) is 0 Å². The highest BCUT2D eigenvalue weighted by molar-refractivity contribution is 7.86. The average molecular weight is 636 g/mol.